The summed E-state index contributed by atoms with van der Waals surface area (Å²) in [7, 11) is 0. The summed E-state index contributed by atoms with van der Waals surface area (Å²) in [5.74, 6) is 1.20. The van der Waals surface area contributed by atoms with E-state index in [4.69, 9.17) is 15.3 Å². The lowest BCUT2D eigenvalue weighted by Crippen LogP contribution is -2.00. The zero-order chi connectivity index (χ0) is 14.4. The van der Waals surface area contributed by atoms with Gasteiger partial charge in [0.25, 0.3) is 0 Å². The van der Waals surface area contributed by atoms with E-state index < -0.39 is 0 Å². The Morgan fingerprint density at radius 1 is 1.32 bits per heavy atom. The van der Waals surface area contributed by atoms with Gasteiger partial charge in [-0.15, -0.1) is 0 Å². The van der Waals surface area contributed by atoms with Crippen LogP contribution in [0.5, 0.6) is 5.75 Å². The Kier molecular flexibility index (Phi) is 5.15. The zero-order valence-electron chi connectivity index (χ0n) is 11.8. The topological polar surface area (TPSA) is 56.8 Å². The van der Waals surface area contributed by atoms with Crippen LogP contribution in [-0.2, 0) is 0 Å². The Bertz CT molecular complexity index is 556. The highest BCUT2D eigenvalue weighted by Gasteiger charge is 2.11. The molecule has 0 unspecified atom stereocenters. The van der Waals surface area contributed by atoms with Crippen LogP contribution in [0.2, 0.25) is 0 Å². The molecule has 1 aromatic rings. The van der Waals surface area contributed by atoms with Crippen molar-refractivity contribution in [3.8, 4) is 17.9 Å². The maximum absolute atomic E-state index is 8.83. The van der Waals surface area contributed by atoms with Gasteiger partial charge in [0.05, 0.1) is 6.61 Å². The van der Waals surface area contributed by atoms with Gasteiger partial charge in [-0.2, -0.15) is 10.5 Å². The average Bonchev–Trinajstić information content (AvgIpc) is 2.38. The van der Waals surface area contributed by atoms with Crippen LogP contribution in [0.15, 0.2) is 17.7 Å². The van der Waals surface area contributed by atoms with E-state index in [2.05, 4.69) is 13.8 Å². The Morgan fingerprint density at radius 2 is 1.95 bits per heavy atom. The summed E-state index contributed by atoms with van der Waals surface area (Å²) in [6.07, 6.45) is 1.62. The van der Waals surface area contributed by atoms with Gasteiger partial charge < -0.3 is 4.74 Å². The number of hydrogen-bond acceptors (Lipinski definition) is 3. The standard InChI is InChI=1S/C16H18N2O/c1-5-19-16-6-12(4)14(7-13(9-17)10-18)8-15(16)11(2)3/h6-8,11H,5H2,1-4H3. The largest absolute Gasteiger partial charge is 0.494 e. The molecule has 0 aliphatic carbocycles. The molecule has 0 atom stereocenters. The van der Waals surface area contributed by atoms with Crippen LogP contribution in [0.1, 0.15) is 43.4 Å². The van der Waals surface area contributed by atoms with E-state index in [-0.39, 0.29) is 5.57 Å². The van der Waals surface area contributed by atoms with Crippen molar-refractivity contribution in [2.45, 2.75) is 33.6 Å². The summed E-state index contributed by atoms with van der Waals surface area (Å²) in [6, 6.07) is 7.74. The molecule has 0 bridgehead atoms. The molecule has 0 saturated heterocycles. The quantitative estimate of drug-likeness (QED) is 0.764. The van der Waals surface area contributed by atoms with Crippen molar-refractivity contribution >= 4 is 6.08 Å². The number of allylic oxidation sites excluding steroid dienone is 1. The smallest absolute Gasteiger partial charge is 0.130 e. The minimum Gasteiger partial charge on any atom is -0.494 e. The molecule has 0 heterocycles. The Balaban J connectivity index is 3.38. The van der Waals surface area contributed by atoms with Gasteiger partial charge in [-0.25, -0.2) is 0 Å². The van der Waals surface area contributed by atoms with Crippen molar-refractivity contribution in [2.24, 2.45) is 0 Å². The zero-order valence-corrected chi connectivity index (χ0v) is 11.8. The third-order valence-corrected chi connectivity index (χ3v) is 2.86. The lowest BCUT2D eigenvalue weighted by molar-refractivity contribution is 0.335. The Morgan fingerprint density at radius 3 is 2.42 bits per heavy atom. The van der Waals surface area contributed by atoms with Crippen molar-refractivity contribution < 1.29 is 4.74 Å². The van der Waals surface area contributed by atoms with Crippen LogP contribution in [-0.4, -0.2) is 6.61 Å². The van der Waals surface area contributed by atoms with Crippen LogP contribution in [0, 0.1) is 29.6 Å². The highest BCUT2D eigenvalue weighted by Crippen LogP contribution is 2.30. The summed E-state index contributed by atoms with van der Waals surface area (Å²) in [5, 5.41) is 17.7. The van der Waals surface area contributed by atoms with Crippen LogP contribution in [0.4, 0.5) is 0 Å². The van der Waals surface area contributed by atoms with Crippen LogP contribution in [0.3, 0.4) is 0 Å². The third-order valence-electron chi connectivity index (χ3n) is 2.86. The number of aryl methyl sites for hydroxylation is 1. The first-order chi connectivity index (χ1) is 9.03. The monoisotopic (exact) mass is 254 g/mol. The highest BCUT2D eigenvalue weighted by molar-refractivity contribution is 5.66. The van der Waals surface area contributed by atoms with E-state index in [0.29, 0.717) is 12.5 Å². The van der Waals surface area contributed by atoms with Gasteiger partial charge >= 0.3 is 0 Å². The maximum atomic E-state index is 8.83. The highest BCUT2D eigenvalue weighted by atomic mass is 16.5. The van der Waals surface area contributed by atoms with E-state index in [1.165, 1.54) is 0 Å². The molecule has 0 amide bonds. The fraction of sp³-hybridized carbons (Fsp3) is 0.375. The first-order valence-electron chi connectivity index (χ1n) is 6.32. The summed E-state index contributed by atoms with van der Waals surface area (Å²) in [4.78, 5) is 0. The second kappa shape index (κ2) is 6.61. The number of hydrogen-bond donors (Lipinski definition) is 0. The minimum absolute atomic E-state index is 0.113. The molecular formula is C16H18N2O. The second-order valence-corrected chi connectivity index (χ2v) is 4.62. The van der Waals surface area contributed by atoms with Crippen LogP contribution < -0.4 is 4.74 Å². The number of nitriles is 2. The lowest BCUT2D eigenvalue weighted by Gasteiger charge is -2.15. The van der Waals surface area contributed by atoms with Crippen molar-refractivity contribution in [2.75, 3.05) is 6.61 Å². The van der Waals surface area contributed by atoms with Crippen LogP contribution in [0.25, 0.3) is 6.08 Å². The molecule has 0 radical (unpaired) electrons. The Hall–Kier alpha value is -2.26. The number of benzene rings is 1. The summed E-state index contributed by atoms with van der Waals surface area (Å²) in [5.41, 5.74) is 3.09. The lowest BCUT2D eigenvalue weighted by atomic mass is 9.95. The molecule has 19 heavy (non-hydrogen) atoms. The molecule has 3 nitrogen and oxygen atoms in total. The third kappa shape index (κ3) is 3.60. The SMILES string of the molecule is CCOc1cc(C)c(C=C(C#N)C#N)cc1C(C)C. The number of rotatable bonds is 4. The molecule has 0 aromatic heterocycles. The van der Waals surface area contributed by atoms with E-state index in [1.807, 2.05) is 38.1 Å². The fourth-order valence-electron chi connectivity index (χ4n) is 1.85. The second-order valence-electron chi connectivity index (χ2n) is 4.62. The molecule has 1 aromatic carbocycles. The molecule has 0 aliphatic heterocycles. The van der Waals surface area contributed by atoms with Gasteiger partial charge in [0.1, 0.15) is 23.5 Å². The van der Waals surface area contributed by atoms with Gasteiger partial charge in [-0.3, -0.25) is 0 Å². The first-order valence-corrected chi connectivity index (χ1v) is 6.32. The predicted octanol–water partition coefficient (Wildman–Crippen LogP) is 3.95. The van der Waals surface area contributed by atoms with Crippen molar-refractivity contribution in [1.82, 2.24) is 0 Å². The molecule has 0 fully saturated rings. The predicted molar refractivity (Wildman–Crippen MR) is 75.6 cm³/mol. The molecule has 0 saturated carbocycles. The van der Waals surface area contributed by atoms with Crippen molar-refractivity contribution in [1.29, 1.82) is 10.5 Å². The van der Waals surface area contributed by atoms with Gasteiger partial charge in [-0.05, 0) is 54.7 Å². The summed E-state index contributed by atoms with van der Waals surface area (Å²) in [6.45, 7) is 8.71. The van der Waals surface area contributed by atoms with Gasteiger partial charge in [-0.1, -0.05) is 13.8 Å². The molecule has 3 heteroatoms. The van der Waals surface area contributed by atoms with E-state index in [0.717, 1.165) is 22.4 Å². The first kappa shape index (κ1) is 14.8. The maximum Gasteiger partial charge on any atom is 0.130 e. The van der Waals surface area contributed by atoms with E-state index in [1.54, 1.807) is 6.08 Å². The summed E-state index contributed by atoms with van der Waals surface area (Å²) >= 11 is 0. The molecule has 98 valence electrons. The van der Waals surface area contributed by atoms with Crippen LogP contribution >= 0.6 is 0 Å². The number of nitrogens with zero attached hydrogens (tertiary/aromatic N) is 2. The van der Waals surface area contributed by atoms with Gasteiger partial charge in [0.2, 0.25) is 0 Å². The average molecular weight is 254 g/mol. The van der Waals surface area contributed by atoms with E-state index >= 15 is 0 Å². The molecule has 1 rings (SSSR count). The summed E-state index contributed by atoms with van der Waals surface area (Å²) < 4.78 is 5.64. The molecule has 0 aliphatic rings. The van der Waals surface area contributed by atoms with E-state index in [9.17, 15) is 0 Å². The van der Waals surface area contributed by atoms with Gasteiger partial charge in [0.15, 0.2) is 0 Å². The van der Waals surface area contributed by atoms with Crippen molar-refractivity contribution in [3.63, 3.8) is 0 Å². The Labute approximate surface area is 114 Å². The molecular weight excluding hydrogens is 236 g/mol. The molecule has 0 spiro atoms. The van der Waals surface area contributed by atoms with Gasteiger partial charge in [0, 0.05) is 0 Å². The number of ether oxygens (including phenoxy) is 1. The van der Waals surface area contributed by atoms with Crippen molar-refractivity contribution in [3.05, 3.63) is 34.4 Å². The fourth-order valence-corrected chi connectivity index (χ4v) is 1.85. The molecule has 0 N–H and O–H groups in total. The normalized spacial score (nSPS) is 9.63. The minimum atomic E-state index is 0.113.